The molecule has 1 fully saturated rings. The number of hydrogen-bond acceptors (Lipinski definition) is 5. The van der Waals surface area contributed by atoms with E-state index >= 15 is 0 Å². The smallest absolute Gasteiger partial charge is 0.370 e. The summed E-state index contributed by atoms with van der Waals surface area (Å²) in [5.41, 5.74) is 2.11. The Morgan fingerprint density at radius 1 is 1.00 bits per heavy atom. The van der Waals surface area contributed by atoms with Gasteiger partial charge in [0.1, 0.15) is 11.9 Å². The lowest BCUT2D eigenvalue weighted by Gasteiger charge is -2.26. The van der Waals surface area contributed by atoms with Crippen molar-refractivity contribution in [3.05, 3.63) is 86.2 Å². The summed E-state index contributed by atoms with van der Waals surface area (Å²) in [5, 5.41) is 4.14. The Balaban J connectivity index is 1.41. The van der Waals surface area contributed by atoms with Crippen LogP contribution in [0, 0.1) is 0 Å². The molecular weight excluding hydrogens is 360 g/mol. The summed E-state index contributed by atoms with van der Waals surface area (Å²) in [6.45, 7) is 0. The number of hydrogen-bond donors (Lipinski definition) is 0. The Hall–Kier alpha value is -3.39. The number of rotatable bonds is 3. The number of fused-ring (bicyclic) bond motifs is 4. The first-order valence-corrected chi connectivity index (χ1v) is 9.08. The van der Waals surface area contributed by atoms with E-state index in [0.717, 1.165) is 27.1 Å². The van der Waals surface area contributed by atoms with Gasteiger partial charge in [0.2, 0.25) is 0 Å². The van der Waals surface area contributed by atoms with Gasteiger partial charge in [-0.3, -0.25) is 0 Å². The van der Waals surface area contributed by atoms with Crippen LogP contribution in [0.2, 0.25) is 0 Å². The van der Waals surface area contributed by atoms with Crippen LogP contribution in [0.15, 0.2) is 63.2 Å². The Morgan fingerprint density at radius 2 is 1.71 bits per heavy atom. The second-order valence-corrected chi connectivity index (χ2v) is 7.18. The number of aromatic nitrogens is 3. The zero-order valence-corrected chi connectivity index (χ0v) is 14.9. The van der Waals surface area contributed by atoms with E-state index < -0.39 is 17.6 Å². The third kappa shape index (κ3) is 1.80. The van der Waals surface area contributed by atoms with Crippen molar-refractivity contribution in [2.24, 2.45) is 5.10 Å². The summed E-state index contributed by atoms with van der Waals surface area (Å²) in [4.78, 5) is 25.9. The number of ether oxygens (including phenoxy) is 2. The van der Waals surface area contributed by atoms with Crippen molar-refractivity contribution >= 4 is 6.21 Å². The lowest BCUT2D eigenvalue weighted by molar-refractivity contribution is -0.0557. The van der Waals surface area contributed by atoms with Gasteiger partial charge in [-0.25, -0.2) is 14.3 Å². The van der Waals surface area contributed by atoms with Crippen molar-refractivity contribution in [3.63, 3.8) is 0 Å². The SMILES string of the molecule is COc1ccc(/C=N\n2c(=O)n3n(c2=O)[C@@H]2O[C@H]4c5ccccc5[C@H]2[C@H]43)cc1. The Labute approximate surface area is 158 Å². The van der Waals surface area contributed by atoms with E-state index in [1.807, 2.05) is 18.2 Å². The van der Waals surface area contributed by atoms with Crippen molar-refractivity contribution in [3.8, 4) is 5.75 Å². The topological polar surface area (TPSA) is 79.8 Å². The second-order valence-electron chi connectivity index (χ2n) is 7.18. The van der Waals surface area contributed by atoms with Crippen LogP contribution in [-0.2, 0) is 4.74 Å². The zero-order valence-electron chi connectivity index (χ0n) is 14.9. The first kappa shape index (κ1) is 15.6. The summed E-state index contributed by atoms with van der Waals surface area (Å²) >= 11 is 0. The van der Waals surface area contributed by atoms with Crippen molar-refractivity contribution in [2.45, 2.75) is 24.3 Å². The second kappa shape index (κ2) is 5.32. The summed E-state index contributed by atoms with van der Waals surface area (Å²) in [7, 11) is 1.59. The van der Waals surface area contributed by atoms with Crippen LogP contribution in [0.4, 0.5) is 0 Å². The Morgan fingerprint density at radius 3 is 2.46 bits per heavy atom. The summed E-state index contributed by atoms with van der Waals surface area (Å²) in [5.74, 6) is 0.725. The third-order valence-corrected chi connectivity index (χ3v) is 5.88. The van der Waals surface area contributed by atoms with Gasteiger partial charge in [0.05, 0.1) is 25.3 Å². The molecule has 2 aromatic carbocycles. The van der Waals surface area contributed by atoms with Crippen LogP contribution in [0.3, 0.4) is 0 Å². The molecule has 140 valence electrons. The van der Waals surface area contributed by atoms with E-state index in [1.165, 1.54) is 15.6 Å². The predicted octanol–water partition coefficient (Wildman–Crippen LogP) is 1.62. The molecule has 0 amide bonds. The molecule has 3 heterocycles. The molecule has 1 aromatic heterocycles. The molecule has 3 aromatic rings. The van der Waals surface area contributed by atoms with Gasteiger partial charge in [-0.15, -0.1) is 4.68 Å². The molecule has 4 bridgehead atoms. The Kier molecular flexibility index (Phi) is 2.98. The summed E-state index contributed by atoms with van der Waals surface area (Å²) in [6.07, 6.45) is 0.845. The fourth-order valence-corrected chi connectivity index (χ4v) is 4.71. The average Bonchev–Trinajstić information content (AvgIpc) is 3.43. The normalized spacial score (nSPS) is 26.0. The Bertz CT molecular complexity index is 1250. The van der Waals surface area contributed by atoms with Crippen LogP contribution < -0.4 is 16.1 Å². The van der Waals surface area contributed by atoms with Gasteiger partial charge in [-0.1, -0.05) is 24.3 Å². The molecule has 0 N–H and O–H groups in total. The van der Waals surface area contributed by atoms with Crippen molar-refractivity contribution in [1.29, 1.82) is 0 Å². The summed E-state index contributed by atoms with van der Waals surface area (Å²) in [6, 6.07) is 15.0. The van der Waals surface area contributed by atoms with Crippen molar-refractivity contribution < 1.29 is 9.47 Å². The molecule has 1 aliphatic carbocycles. The van der Waals surface area contributed by atoms with Crippen LogP contribution in [0.25, 0.3) is 0 Å². The highest BCUT2D eigenvalue weighted by molar-refractivity contribution is 5.79. The van der Waals surface area contributed by atoms with Crippen LogP contribution in [0.5, 0.6) is 5.75 Å². The van der Waals surface area contributed by atoms with Gasteiger partial charge in [0.25, 0.3) is 0 Å². The number of methoxy groups -OCH3 is 1. The fourth-order valence-electron chi connectivity index (χ4n) is 4.71. The molecule has 0 radical (unpaired) electrons. The first-order valence-electron chi connectivity index (χ1n) is 9.08. The maximum atomic E-state index is 13.0. The van der Waals surface area contributed by atoms with Gasteiger partial charge in [-0.2, -0.15) is 9.78 Å². The van der Waals surface area contributed by atoms with Crippen molar-refractivity contribution in [1.82, 2.24) is 14.0 Å². The number of nitrogens with zero attached hydrogens (tertiary/aromatic N) is 4. The molecule has 6 rings (SSSR count). The molecule has 2 aliphatic heterocycles. The predicted molar refractivity (Wildman–Crippen MR) is 100 cm³/mol. The molecule has 28 heavy (non-hydrogen) atoms. The molecule has 3 aliphatic rings. The van der Waals surface area contributed by atoms with Gasteiger partial charge >= 0.3 is 11.4 Å². The molecule has 4 atom stereocenters. The quantitative estimate of drug-likeness (QED) is 0.651. The average molecular weight is 376 g/mol. The van der Waals surface area contributed by atoms with E-state index in [9.17, 15) is 9.59 Å². The van der Waals surface area contributed by atoms with E-state index in [2.05, 4.69) is 11.2 Å². The highest BCUT2D eigenvalue weighted by Crippen LogP contribution is 2.64. The number of benzene rings is 2. The third-order valence-electron chi connectivity index (χ3n) is 5.88. The highest BCUT2D eigenvalue weighted by atomic mass is 16.5. The lowest BCUT2D eigenvalue weighted by atomic mass is 9.98. The van der Waals surface area contributed by atoms with Gasteiger partial charge in [0, 0.05) is 0 Å². The highest BCUT2D eigenvalue weighted by Gasteiger charge is 2.61. The fraction of sp³-hybridized carbons (Fsp3) is 0.250. The molecule has 0 spiro atoms. The molecular formula is C20H16N4O4. The zero-order chi connectivity index (χ0) is 19.0. The maximum Gasteiger partial charge on any atom is 0.370 e. The van der Waals surface area contributed by atoms with Gasteiger partial charge in [-0.05, 0) is 41.0 Å². The van der Waals surface area contributed by atoms with Gasteiger partial charge in [0.15, 0.2) is 6.23 Å². The minimum atomic E-state index is -0.481. The maximum absolute atomic E-state index is 13.0. The van der Waals surface area contributed by atoms with Crippen molar-refractivity contribution in [2.75, 3.05) is 7.11 Å². The lowest BCUT2D eigenvalue weighted by Crippen LogP contribution is -2.32. The summed E-state index contributed by atoms with van der Waals surface area (Å²) < 4.78 is 15.0. The van der Waals surface area contributed by atoms with Crippen LogP contribution in [0.1, 0.15) is 41.0 Å². The minimum Gasteiger partial charge on any atom is -0.497 e. The standard InChI is InChI=1S/C20H16N4O4/c1-27-12-8-6-11(7-9-12)10-21-22-19(25)23-16-15-13-4-2-3-5-14(13)17(16)28-18(15)24(23)20(22)26/h2-10,15-18H,1H3/b21-10-/t15-,16+,17-,18+/m0/s1. The first-order chi connectivity index (χ1) is 13.7. The van der Waals surface area contributed by atoms with E-state index in [-0.39, 0.29) is 18.1 Å². The monoisotopic (exact) mass is 376 g/mol. The van der Waals surface area contributed by atoms with Gasteiger partial charge < -0.3 is 9.47 Å². The molecule has 0 unspecified atom stereocenters. The molecule has 1 saturated heterocycles. The minimum absolute atomic E-state index is 0.00168. The van der Waals surface area contributed by atoms with Crippen LogP contribution in [-0.4, -0.2) is 27.4 Å². The molecule has 0 saturated carbocycles. The molecule has 8 nitrogen and oxygen atoms in total. The van der Waals surface area contributed by atoms with E-state index in [4.69, 9.17) is 9.47 Å². The van der Waals surface area contributed by atoms with Crippen LogP contribution >= 0.6 is 0 Å². The van der Waals surface area contributed by atoms with E-state index in [0.29, 0.717) is 0 Å². The largest absolute Gasteiger partial charge is 0.497 e. The molecule has 8 heteroatoms. The van der Waals surface area contributed by atoms with E-state index in [1.54, 1.807) is 31.4 Å².